The first-order valence-corrected chi connectivity index (χ1v) is 6.82. The molecule has 0 aromatic heterocycles. The van der Waals surface area contributed by atoms with E-state index in [1.54, 1.807) is 0 Å². The normalized spacial score (nSPS) is 26.5. The molecule has 1 fully saturated rings. The van der Waals surface area contributed by atoms with Crippen molar-refractivity contribution in [3.05, 3.63) is 35.4 Å². The van der Waals surface area contributed by atoms with Gasteiger partial charge in [0.15, 0.2) is 0 Å². The second-order valence-electron chi connectivity index (χ2n) is 5.72. The maximum absolute atomic E-state index is 12.1. The van der Waals surface area contributed by atoms with E-state index in [4.69, 9.17) is 5.73 Å². The number of benzene rings is 1. The van der Waals surface area contributed by atoms with Gasteiger partial charge in [-0.1, -0.05) is 24.3 Å². The first-order chi connectivity index (χ1) is 8.72. The molecular formula is C15H20N2O. The monoisotopic (exact) mass is 244 g/mol. The smallest absolute Gasteiger partial charge is 0.223 e. The summed E-state index contributed by atoms with van der Waals surface area (Å²) in [7, 11) is 0. The summed E-state index contributed by atoms with van der Waals surface area (Å²) in [5.41, 5.74) is 8.42. The summed E-state index contributed by atoms with van der Waals surface area (Å²) >= 11 is 0. The van der Waals surface area contributed by atoms with Crippen molar-refractivity contribution >= 4 is 5.91 Å². The van der Waals surface area contributed by atoms with E-state index in [0.717, 1.165) is 32.2 Å². The highest BCUT2D eigenvalue weighted by atomic mass is 16.1. The van der Waals surface area contributed by atoms with Crippen molar-refractivity contribution in [2.75, 3.05) is 6.54 Å². The number of hydrogen-bond donors (Lipinski definition) is 2. The van der Waals surface area contributed by atoms with Crippen LogP contribution in [0, 0.1) is 11.8 Å². The number of carbonyl (C=O) groups excluding carboxylic acids is 1. The fourth-order valence-corrected chi connectivity index (χ4v) is 3.09. The van der Waals surface area contributed by atoms with E-state index < -0.39 is 0 Å². The lowest BCUT2D eigenvalue weighted by atomic mass is 9.81. The van der Waals surface area contributed by atoms with Crippen LogP contribution in [0.1, 0.15) is 24.0 Å². The number of hydrogen-bond acceptors (Lipinski definition) is 2. The molecule has 3 N–H and O–H groups in total. The molecule has 0 heterocycles. The average molecular weight is 244 g/mol. The molecule has 3 rings (SSSR count). The zero-order chi connectivity index (χ0) is 12.5. The van der Waals surface area contributed by atoms with Crippen LogP contribution in [-0.4, -0.2) is 18.5 Å². The Morgan fingerprint density at radius 3 is 2.39 bits per heavy atom. The highest BCUT2D eigenvalue weighted by Gasteiger charge is 2.29. The second kappa shape index (κ2) is 4.73. The highest BCUT2D eigenvalue weighted by molar-refractivity contribution is 5.80. The van der Waals surface area contributed by atoms with Crippen molar-refractivity contribution in [3.8, 4) is 0 Å². The SMILES string of the molecule is NC1CC(CNC(=O)C2Cc3ccccc3C2)C1. The van der Waals surface area contributed by atoms with Gasteiger partial charge in [-0.25, -0.2) is 0 Å². The Morgan fingerprint density at radius 2 is 1.83 bits per heavy atom. The van der Waals surface area contributed by atoms with Crippen LogP contribution in [0.25, 0.3) is 0 Å². The van der Waals surface area contributed by atoms with Crippen molar-refractivity contribution < 1.29 is 4.79 Å². The van der Waals surface area contributed by atoms with Gasteiger partial charge in [-0.15, -0.1) is 0 Å². The van der Waals surface area contributed by atoms with Gasteiger partial charge in [-0.2, -0.15) is 0 Å². The van der Waals surface area contributed by atoms with Crippen LogP contribution in [0.4, 0.5) is 0 Å². The minimum Gasteiger partial charge on any atom is -0.356 e. The molecule has 0 atom stereocenters. The Balaban J connectivity index is 1.50. The standard InChI is InChI=1S/C15H20N2O/c16-14-5-10(6-14)9-17-15(18)13-7-11-3-1-2-4-12(11)8-13/h1-4,10,13-14H,5-9,16H2,(H,17,18). The maximum atomic E-state index is 12.1. The van der Waals surface area contributed by atoms with E-state index >= 15 is 0 Å². The molecule has 96 valence electrons. The summed E-state index contributed by atoms with van der Waals surface area (Å²) in [4.78, 5) is 12.1. The van der Waals surface area contributed by atoms with Crippen molar-refractivity contribution in [2.45, 2.75) is 31.7 Å². The van der Waals surface area contributed by atoms with Crippen LogP contribution in [0.3, 0.4) is 0 Å². The van der Waals surface area contributed by atoms with E-state index in [-0.39, 0.29) is 11.8 Å². The van der Waals surface area contributed by atoms with E-state index in [1.165, 1.54) is 11.1 Å². The number of fused-ring (bicyclic) bond motifs is 1. The average Bonchev–Trinajstić information content (AvgIpc) is 2.76. The Hall–Kier alpha value is -1.35. The molecule has 2 aliphatic rings. The summed E-state index contributed by atoms with van der Waals surface area (Å²) in [6, 6.07) is 8.73. The Bertz CT molecular complexity index is 427. The third-order valence-electron chi connectivity index (χ3n) is 4.26. The summed E-state index contributed by atoms with van der Waals surface area (Å²) in [6.45, 7) is 0.805. The summed E-state index contributed by atoms with van der Waals surface area (Å²) in [5.74, 6) is 0.954. The molecule has 0 spiro atoms. The first kappa shape index (κ1) is 11.7. The quantitative estimate of drug-likeness (QED) is 0.841. The zero-order valence-corrected chi connectivity index (χ0v) is 10.6. The van der Waals surface area contributed by atoms with Gasteiger partial charge in [0.2, 0.25) is 5.91 Å². The zero-order valence-electron chi connectivity index (χ0n) is 10.6. The lowest BCUT2D eigenvalue weighted by molar-refractivity contribution is -0.125. The molecule has 1 aromatic carbocycles. The Labute approximate surface area is 108 Å². The molecular weight excluding hydrogens is 224 g/mol. The van der Waals surface area contributed by atoms with Crippen molar-refractivity contribution in [1.29, 1.82) is 0 Å². The number of rotatable bonds is 3. The number of amides is 1. The van der Waals surface area contributed by atoms with Gasteiger partial charge in [-0.05, 0) is 42.7 Å². The highest BCUT2D eigenvalue weighted by Crippen LogP contribution is 2.27. The first-order valence-electron chi connectivity index (χ1n) is 6.82. The Kier molecular flexibility index (Phi) is 3.08. The minimum absolute atomic E-state index is 0.135. The second-order valence-corrected chi connectivity index (χ2v) is 5.72. The minimum atomic E-state index is 0.135. The van der Waals surface area contributed by atoms with Gasteiger partial charge < -0.3 is 11.1 Å². The van der Waals surface area contributed by atoms with E-state index in [0.29, 0.717) is 12.0 Å². The van der Waals surface area contributed by atoms with Gasteiger partial charge in [0, 0.05) is 18.5 Å². The molecule has 18 heavy (non-hydrogen) atoms. The molecule has 1 amide bonds. The molecule has 2 aliphatic carbocycles. The molecule has 0 bridgehead atoms. The van der Waals surface area contributed by atoms with Gasteiger partial charge in [0.1, 0.15) is 0 Å². The van der Waals surface area contributed by atoms with Gasteiger partial charge >= 0.3 is 0 Å². The van der Waals surface area contributed by atoms with Crippen LogP contribution in [-0.2, 0) is 17.6 Å². The molecule has 0 aliphatic heterocycles. The predicted octanol–water partition coefficient (Wildman–Crippen LogP) is 1.25. The molecule has 0 unspecified atom stereocenters. The lowest BCUT2D eigenvalue weighted by Gasteiger charge is -2.32. The van der Waals surface area contributed by atoms with Crippen LogP contribution < -0.4 is 11.1 Å². The number of nitrogens with two attached hydrogens (primary N) is 1. The number of nitrogens with one attached hydrogen (secondary N) is 1. The fourth-order valence-electron chi connectivity index (χ4n) is 3.09. The van der Waals surface area contributed by atoms with E-state index in [9.17, 15) is 4.79 Å². The van der Waals surface area contributed by atoms with Crippen LogP contribution in [0.15, 0.2) is 24.3 Å². The Morgan fingerprint density at radius 1 is 1.22 bits per heavy atom. The van der Waals surface area contributed by atoms with Gasteiger partial charge in [0.25, 0.3) is 0 Å². The molecule has 3 nitrogen and oxygen atoms in total. The maximum Gasteiger partial charge on any atom is 0.223 e. The molecule has 0 saturated heterocycles. The molecule has 3 heteroatoms. The summed E-state index contributed by atoms with van der Waals surface area (Å²) < 4.78 is 0. The molecule has 0 radical (unpaired) electrons. The topological polar surface area (TPSA) is 55.1 Å². The third-order valence-corrected chi connectivity index (χ3v) is 4.26. The van der Waals surface area contributed by atoms with E-state index in [1.807, 2.05) is 0 Å². The molecule has 1 aromatic rings. The summed E-state index contributed by atoms with van der Waals surface area (Å²) in [5, 5.41) is 3.09. The van der Waals surface area contributed by atoms with Crippen molar-refractivity contribution in [2.24, 2.45) is 17.6 Å². The molecule has 1 saturated carbocycles. The van der Waals surface area contributed by atoms with Crippen molar-refractivity contribution in [3.63, 3.8) is 0 Å². The van der Waals surface area contributed by atoms with Gasteiger partial charge in [-0.3, -0.25) is 4.79 Å². The predicted molar refractivity (Wildman–Crippen MR) is 71.0 cm³/mol. The fraction of sp³-hybridized carbons (Fsp3) is 0.533. The third kappa shape index (κ3) is 2.27. The van der Waals surface area contributed by atoms with Crippen LogP contribution in [0.2, 0.25) is 0 Å². The van der Waals surface area contributed by atoms with Crippen molar-refractivity contribution in [1.82, 2.24) is 5.32 Å². The number of carbonyl (C=O) groups is 1. The lowest BCUT2D eigenvalue weighted by Crippen LogP contribution is -2.44. The van der Waals surface area contributed by atoms with Gasteiger partial charge in [0.05, 0.1) is 0 Å². The largest absolute Gasteiger partial charge is 0.356 e. The summed E-state index contributed by atoms with van der Waals surface area (Å²) in [6.07, 6.45) is 3.91. The van der Waals surface area contributed by atoms with Crippen LogP contribution >= 0.6 is 0 Å². The van der Waals surface area contributed by atoms with Crippen LogP contribution in [0.5, 0.6) is 0 Å². The van der Waals surface area contributed by atoms with E-state index in [2.05, 4.69) is 29.6 Å².